The first-order valence-corrected chi connectivity index (χ1v) is 15.2. The number of nitrogens with zero attached hydrogens (tertiary/aromatic N) is 3. The van der Waals surface area contributed by atoms with Gasteiger partial charge in [0.05, 0.1) is 31.1 Å². The summed E-state index contributed by atoms with van der Waals surface area (Å²) in [6.07, 6.45) is 5.12. The van der Waals surface area contributed by atoms with E-state index in [1.165, 1.54) is 0 Å². The largest absolute Gasteiger partial charge is 0.443 e. The average molecular weight is 603 g/mol. The SMILES string of the molecule is CC1CCN(C(=O)O[C@H]2Cc3ccccc3C2n2cnc(NC(=O)[C@@H](COCc3ccccc3)NC(=O)C(C)(C)N)c2)CC1. The zero-order chi connectivity index (χ0) is 31.3. The number of anilines is 1. The van der Waals surface area contributed by atoms with Gasteiger partial charge in [-0.25, -0.2) is 9.78 Å². The Kier molecular flexibility index (Phi) is 9.65. The van der Waals surface area contributed by atoms with Crippen molar-refractivity contribution >= 4 is 23.7 Å². The predicted octanol–water partition coefficient (Wildman–Crippen LogP) is 3.64. The van der Waals surface area contributed by atoms with E-state index in [9.17, 15) is 14.4 Å². The van der Waals surface area contributed by atoms with E-state index in [0.29, 0.717) is 31.2 Å². The van der Waals surface area contributed by atoms with Crippen molar-refractivity contribution in [2.24, 2.45) is 11.7 Å². The Morgan fingerprint density at radius 3 is 2.50 bits per heavy atom. The van der Waals surface area contributed by atoms with Crippen LogP contribution in [0.5, 0.6) is 0 Å². The Hall–Kier alpha value is -4.22. The van der Waals surface area contributed by atoms with Gasteiger partial charge in [-0.2, -0.15) is 0 Å². The van der Waals surface area contributed by atoms with E-state index in [0.717, 1.165) is 29.5 Å². The van der Waals surface area contributed by atoms with Gasteiger partial charge in [0, 0.05) is 25.7 Å². The molecule has 1 fully saturated rings. The van der Waals surface area contributed by atoms with E-state index in [2.05, 4.69) is 22.5 Å². The Morgan fingerprint density at radius 1 is 1.07 bits per heavy atom. The molecule has 2 aromatic carbocycles. The molecule has 1 saturated heterocycles. The van der Waals surface area contributed by atoms with E-state index in [1.807, 2.05) is 59.2 Å². The number of fused-ring (bicyclic) bond motifs is 1. The van der Waals surface area contributed by atoms with Crippen LogP contribution in [-0.2, 0) is 32.1 Å². The lowest BCUT2D eigenvalue weighted by atomic mass is 10.00. The Bertz CT molecular complexity index is 1440. The van der Waals surface area contributed by atoms with Gasteiger partial charge in [0.15, 0.2) is 5.82 Å². The first-order chi connectivity index (χ1) is 21.1. The fourth-order valence-electron chi connectivity index (χ4n) is 5.55. The minimum Gasteiger partial charge on any atom is -0.443 e. The third-order valence-electron chi connectivity index (χ3n) is 8.22. The van der Waals surface area contributed by atoms with Crippen LogP contribution in [-0.4, -0.2) is 69.7 Å². The van der Waals surface area contributed by atoms with Gasteiger partial charge in [-0.1, -0.05) is 61.5 Å². The monoisotopic (exact) mass is 602 g/mol. The molecule has 5 rings (SSSR count). The summed E-state index contributed by atoms with van der Waals surface area (Å²) < 4.78 is 13.7. The average Bonchev–Trinajstić information content (AvgIpc) is 3.60. The Balaban J connectivity index is 1.28. The number of carbonyl (C=O) groups excluding carboxylic acids is 3. The number of rotatable bonds is 10. The number of ether oxygens (including phenoxy) is 2. The number of benzene rings is 2. The number of amides is 3. The number of hydrogen-bond acceptors (Lipinski definition) is 7. The molecule has 0 saturated carbocycles. The van der Waals surface area contributed by atoms with Gasteiger partial charge in [-0.05, 0) is 49.3 Å². The number of carbonyl (C=O) groups is 3. The summed E-state index contributed by atoms with van der Waals surface area (Å²) in [5.41, 5.74) is 7.87. The van der Waals surface area contributed by atoms with E-state index in [4.69, 9.17) is 15.2 Å². The summed E-state index contributed by atoms with van der Waals surface area (Å²) in [5, 5.41) is 5.51. The summed E-state index contributed by atoms with van der Waals surface area (Å²) in [6, 6.07) is 16.2. The molecule has 11 heteroatoms. The van der Waals surface area contributed by atoms with Crippen LogP contribution in [0.25, 0.3) is 0 Å². The second kappa shape index (κ2) is 13.6. The van der Waals surface area contributed by atoms with Crippen LogP contribution in [0.4, 0.5) is 10.6 Å². The van der Waals surface area contributed by atoms with Crippen LogP contribution in [0.15, 0.2) is 67.1 Å². The first-order valence-electron chi connectivity index (χ1n) is 15.2. The predicted molar refractivity (Wildman–Crippen MR) is 166 cm³/mol. The minimum absolute atomic E-state index is 0.0629. The Labute approximate surface area is 258 Å². The van der Waals surface area contributed by atoms with Crippen molar-refractivity contribution in [1.29, 1.82) is 0 Å². The molecule has 3 atom stereocenters. The second-order valence-electron chi connectivity index (χ2n) is 12.4. The summed E-state index contributed by atoms with van der Waals surface area (Å²) in [5.74, 6) is -0.0760. The molecule has 0 spiro atoms. The van der Waals surface area contributed by atoms with E-state index in [-0.39, 0.29) is 25.3 Å². The molecule has 1 aliphatic heterocycles. The number of nitrogens with two attached hydrogens (primary N) is 1. The minimum atomic E-state index is -1.19. The zero-order valence-corrected chi connectivity index (χ0v) is 25.6. The fraction of sp³-hybridized carbons (Fsp3) is 0.455. The van der Waals surface area contributed by atoms with Gasteiger partial charge in [-0.3, -0.25) is 9.59 Å². The molecule has 1 unspecified atom stereocenters. The van der Waals surface area contributed by atoms with Crippen LogP contribution in [0.3, 0.4) is 0 Å². The lowest BCUT2D eigenvalue weighted by Crippen LogP contribution is -2.56. The number of aromatic nitrogens is 2. The molecule has 2 heterocycles. The maximum absolute atomic E-state index is 13.4. The molecule has 2 aliphatic rings. The van der Waals surface area contributed by atoms with Crippen molar-refractivity contribution in [2.75, 3.05) is 25.0 Å². The third-order valence-corrected chi connectivity index (χ3v) is 8.22. The summed E-state index contributed by atoms with van der Waals surface area (Å²) in [6.45, 7) is 6.94. The smallest absolute Gasteiger partial charge is 0.410 e. The summed E-state index contributed by atoms with van der Waals surface area (Å²) in [7, 11) is 0. The number of hydrogen-bond donors (Lipinski definition) is 3. The van der Waals surface area contributed by atoms with E-state index in [1.54, 1.807) is 31.3 Å². The molecule has 1 aromatic heterocycles. The first kappa shape index (κ1) is 31.2. The molecular weight excluding hydrogens is 560 g/mol. The molecule has 0 radical (unpaired) electrons. The van der Waals surface area contributed by atoms with Crippen molar-refractivity contribution in [3.63, 3.8) is 0 Å². The lowest BCUT2D eigenvalue weighted by molar-refractivity contribution is -0.130. The van der Waals surface area contributed by atoms with Crippen LogP contribution in [0, 0.1) is 5.92 Å². The lowest BCUT2D eigenvalue weighted by Gasteiger charge is -2.31. The molecule has 3 amide bonds. The maximum Gasteiger partial charge on any atom is 0.410 e. The van der Waals surface area contributed by atoms with Gasteiger partial charge in [0.1, 0.15) is 12.1 Å². The molecule has 44 heavy (non-hydrogen) atoms. The van der Waals surface area contributed by atoms with Crippen molar-refractivity contribution < 1.29 is 23.9 Å². The second-order valence-corrected chi connectivity index (χ2v) is 12.4. The molecular formula is C33H42N6O5. The highest BCUT2D eigenvalue weighted by Gasteiger charge is 2.38. The number of imidazole rings is 1. The number of piperidine rings is 1. The fourth-order valence-corrected chi connectivity index (χ4v) is 5.55. The Morgan fingerprint density at radius 2 is 1.77 bits per heavy atom. The van der Waals surface area contributed by atoms with Crippen LogP contribution in [0.1, 0.15) is 56.3 Å². The van der Waals surface area contributed by atoms with Crippen LogP contribution >= 0.6 is 0 Å². The highest BCUT2D eigenvalue weighted by Crippen LogP contribution is 2.37. The van der Waals surface area contributed by atoms with Gasteiger partial charge < -0.3 is 35.3 Å². The van der Waals surface area contributed by atoms with Crippen molar-refractivity contribution in [1.82, 2.24) is 19.8 Å². The maximum atomic E-state index is 13.4. The topological polar surface area (TPSA) is 141 Å². The molecule has 1 aliphatic carbocycles. The van der Waals surface area contributed by atoms with Gasteiger partial charge in [0.25, 0.3) is 5.91 Å². The van der Waals surface area contributed by atoms with Crippen molar-refractivity contribution in [3.8, 4) is 0 Å². The number of likely N-dealkylation sites (tertiary alicyclic amines) is 1. The standard InChI is InChI=1S/C33H42N6O5/c1-22-13-15-38(16-14-22)32(42)44-27-17-24-11-7-8-12-25(24)29(27)39-18-28(35-21-39)37-30(40)26(36-31(41)33(2,3)34)20-43-19-23-9-5-4-6-10-23/h4-12,18,21-22,26-27,29H,13-17,19-20,34H2,1-3H3,(H,36,41)(H,37,40)/t26-,27+,29?/m1/s1. The highest BCUT2D eigenvalue weighted by atomic mass is 16.6. The van der Waals surface area contributed by atoms with Crippen molar-refractivity contribution in [2.45, 2.75) is 70.4 Å². The molecule has 0 bridgehead atoms. The molecule has 4 N–H and O–H groups in total. The van der Waals surface area contributed by atoms with Crippen LogP contribution < -0.4 is 16.4 Å². The third kappa shape index (κ3) is 7.64. The number of nitrogens with one attached hydrogen (secondary N) is 2. The van der Waals surface area contributed by atoms with Gasteiger partial charge in [-0.15, -0.1) is 0 Å². The van der Waals surface area contributed by atoms with Gasteiger partial charge >= 0.3 is 6.09 Å². The van der Waals surface area contributed by atoms with Crippen LogP contribution in [0.2, 0.25) is 0 Å². The normalized spacial score (nSPS) is 19.2. The van der Waals surface area contributed by atoms with E-state index >= 15 is 0 Å². The molecule has 234 valence electrons. The van der Waals surface area contributed by atoms with E-state index < -0.39 is 29.5 Å². The van der Waals surface area contributed by atoms with Crippen molar-refractivity contribution in [3.05, 3.63) is 83.8 Å². The molecule has 11 nitrogen and oxygen atoms in total. The highest BCUT2D eigenvalue weighted by molar-refractivity contribution is 5.98. The summed E-state index contributed by atoms with van der Waals surface area (Å²) >= 11 is 0. The summed E-state index contributed by atoms with van der Waals surface area (Å²) in [4.78, 5) is 45.4. The zero-order valence-electron chi connectivity index (χ0n) is 25.6. The molecule has 3 aromatic rings. The quantitative estimate of drug-likeness (QED) is 0.322. The van der Waals surface area contributed by atoms with Gasteiger partial charge in [0.2, 0.25) is 5.91 Å².